The van der Waals surface area contributed by atoms with Crippen LogP contribution in [-0.4, -0.2) is 46.3 Å². The SMILES string of the molecule is Cc1ccccc1CCC(=O)N1CCN(c2nc(-c3ccc(F)cc3)ns2)CC1. The average Bonchev–Trinajstić information content (AvgIpc) is 3.24. The molecular weight excluding hydrogens is 387 g/mol. The van der Waals surface area contributed by atoms with Crippen LogP contribution in [0.5, 0.6) is 0 Å². The van der Waals surface area contributed by atoms with E-state index in [9.17, 15) is 9.18 Å². The van der Waals surface area contributed by atoms with Crippen LogP contribution in [0.15, 0.2) is 48.5 Å². The first-order valence-electron chi connectivity index (χ1n) is 9.77. The molecule has 3 aromatic rings. The lowest BCUT2D eigenvalue weighted by Gasteiger charge is -2.34. The van der Waals surface area contributed by atoms with Crippen molar-refractivity contribution in [2.45, 2.75) is 19.8 Å². The zero-order valence-corrected chi connectivity index (χ0v) is 17.2. The smallest absolute Gasteiger partial charge is 0.223 e. The van der Waals surface area contributed by atoms with Gasteiger partial charge in [-0.15, -0.1) is 0 Å². The van der Waals surface area contributed by atoms with Crippen molar-refractivity contribution in [3.8, 4) is 11.4 Å². The number of carbonyl (C=O) groups excluding carboxylic acids is 1. The number of hydrogen-bond donors (Lipinski definition) is 0. The van der Waals surface area contributed by atoms with Gasteiger partial charge in [-0.25, -0.2) is 4.39 Å². The maximum absolute atomic E-state index is 13.1. The normalized spacial score (nSPS) is 14.3. The van der Waals surface area contributed by atoms with Crippen LogP contribution >= 0.6 is 11.5 Å². The molecule has 1 aliphatic heterocycles. The first-order valence-corrected chi connectivity index (χ1v) is 10.5. The Hall–Kier alpha value is -2.80. The molecule has 1 amide bonds. The van der Waals surface area contributed by atoms with Gasteiger partial charge in [-0.1, -0.05) is 24.3 Å². The summed E-state index contributed by atoms with van der Waals surface area (Å²) in [6, 6.07) is 14.4. The quantitative estimate of drug-likeness (QED) is 0.639. The Labute approximate surface area is 174 Å². The number of hydrogen-bond acceptors (Lipinski definition) is 5. The standard InChI is InChI=1S/C22H23FN4OS/c1-16-4-2-3-5-17(16)8-11-20(28)26-12-14-27(15-13-26)22-24-21(25-29-22)18-6-9-19(23)10-7-18/h2-7,9-10H,8,11-15H2,1H3. The highest BCUT2D eigenvalue weighted by atomic mass is 32.1. The highest BCUT2D eigenvalue weighted by Crippen LogP contribution is 2.25. The molecule has 7 heteroatoms. The molecule has 5 nitrogen and oxygen atoms in total. The van der Waals surface area contributed by atoms with Gasteiger partial charge < -0.3 is 9.80 Å². The Morgan fingerprint density at radius 3 is 2.52 bits per heavy atom. The Balaban J connectivity index is 1.31. The molecule has 0 saturated carbocycles. The fourth-order valence-electron chi connectivity index (χ4n) is 3.50. The highest BCUT2D eigenvalue weighted by Gasteiger charge is 2.23. The third kappa shape index (κ3) is 4.62. The molecule has 1 aliphatic rings. The predicted octanol–water partition coefficient (Wildman–Crippen LogP) is 3.93. The molecule has 29 heavy (non-hydrogen) atoms. The van der Waals surface area contributed by atoms with Crippen molar-refractivity contribution in [3.05, 3.63) is 65.5 Å². The van der Waals surface area contributed by atoms with Crippen molar-refractivity contribution in [3.63, 3.8) is 0 Å². The number of piperazine rings is 1. The number of halogens is 1. The van der Waals surface area contributed by atoms with E-state index in [1.165, 1.54) is 34.8 Å². The fourth-order valence-corrected chi connectivity index (χ4v) is 4.24. The molecule has 0 radical (unpaired) electrons. The maximum atomic E-state index is 13.1. The molecule has 1 saturated heterocycles. The second kappa shape index (κ2) is 8.69. The van der Waals surface area contributed by atoms with Crippen LogP contribution in [0.3, 0.4) is 0 Å². The maximum Gasteiger partial charge on any atom is 0.223 e. The number of aromatic nitrogens is 2. The molecule has 0 bridgehead atoms. The number of rotatable bonds is 5. The monoisotopic (exact) mass is 410 g/mol. The van der Waals surface area contributed by atoms with Crippen LogP contribution < -0.4 is 4.90 Å². The van der Waals surface area contributed by atoms with Gasteiger partial charge in [0.05, 0.1) is 0 Å². The lowest BCUT2D eigenvalue weighted by molar-refractivity contribution is -0.131. The van der Waals surface area contributed by atoms with Gasteiger partial charge >= 0.3 is 0 Å². The van der Waals surface area contributed by atoms with Crippen molar-refractivity contribution >= 4 is 22.6 Å². The molecule has 4 rings (SSSR count). The lowest BCUT2D eigenvalue weighted by atomic mass is 10.0. The van der Waals surface area contributed by atoms with Gasteiger partial charge in [0.15, 0.2) is 5.82 Å². The van der Waals surface area contributed by atoms with Crippen LogP contribution in [0.2, 0.25) is 0 Å². The molecule has 0 aliphatic carbocycles. The van der Waals surface area contributed by atoms with E-state index in [0.717, 1.165) is 30.2 Å². The summed E-state index contributed by atoms with van der Waals surface area (Å²) in [5.41, 5.74) is 3.28. The third-order valence-electron chi connectivity index (χ3n) is 5.29. The lowest BCUT2D eigenvalue weighted by Crippen LogP contribution is -2.48. The zero-order chi connectivity index (χ0) is 20.2. The minimum atomic E-state index is -0.271. The van der Waals surface area contributed by atoms with Crippen molar-refractivity contribution in [2.75, 3.05) is 31.1 Å². The average molecular weight is 411 g/mol. The number of anilines is 1. The number of nitrogens with zero attached hydrogens (tertiary/aromatic N) is 4. The molecule has 2 aromatic carbocycles. The van der Waals surface area contributed by atoms with Crippen LogP contribution in [0, 0.1) is 12.7 Å². The third-order valence-corrected chi connectivity index (χ3v) is 6.07. The van der Waals surface area contributed by atoms with E-state index >= 15 is 0 Å². The van der Waals surface area contributed by atoms with Crippen LogP contribution in [-0.2, 0) is 11.2 Å². The van der Waals surface area contributed by atoms with E-state index in [0.29, 0.717) is 25.3 Å². The van der Waals surface area contributed by atoms with Gasteiger partial charge in [-0.3, -0.25) is 4.79 Å². The van der Waals surface area contributed by atoms with Crippen molar-refractivity contribution in [1.82, 2.24) is 14.3 Å². The minimum absolute atomic E-state index is 0.206. The number of amides is 1. The van der Waals surface area contributed by atoms with Gasteiger partial charge in [-0.2, -0.15) is 9.36 Å². The Kier molecular flexibility index (Phi) is 5.85. The van der Waals surface area contributed by atoms with Gasteiger partial charge in [0, 0.05) is 49.7 Å². The zero-order valence-electron chi connectivity index (χ0n) is 16.3. The molecule has 0 atom stereocenters. The summed E-state index contributed by atoms with van der Waals surface area (Å²) in [6.45, 7) is 4.96. The van der Waals surface area contributed by atoms with Crippen LogP contribution in [0.1, 0.15) is 17.5 Å². The molecule has 2 heterocycles. The van der Waals surface area contributed by atoms with Crippen molar-refractivity contribution in [1.29, 1.82) is 0 Å². The summed E-state index contributed by atoms with van der Waals surface area (Å²) >= 11 is 1.34. The molecule has 0 N–H and O–H groups in total. The topological polar surface area (TPSA) is 49.3 Å². The van der Waals surface area contributed by atoms with E-state index in [-0.39, 0.29) is 11.7 Å². The van der Waals surface area contributed by atoms with E-state index in [1.54, 1.807) is 12.1 Å². The van der Waals surface area contributed by atoms with Gasteiger partial charge in [0.2, 0.25) is 11.0 Å². The van der Waals surface area contributed by atoms with Crippen molar-refractivity contribution < 1.29 is 9.18 Å². The molecule has 1 fully saturated rings. The summed E-state index contributed by atoms with van der Waals surface area (Å²) in [6.07, 6.45) is 1.32. The second-order valence-corrected chi connectivity index (χ2v) is 7.93. The number of carbonyl (C=O) groups is 1. The largest absolute Gasteiger partial charge is 0.343 e. The second-order valence-electron chi connectivity index (χ2n) is 7.20. The summed E-state index contributed by atoms with van der Waals surface area (Å²) < 4.78 is 17.5. The minimum Gasteiger partial charge on any atom is -0.343 e. The van der Waals surface area contributed by atoms with E-state index < -0.39 is 0 Å². The first-order chi connectivity index (χ1) is 14.1. The van der Waals surface area contributed by atoms with E-state index in [2.05, 4.69) is 33.3 Å². The summed E-state index contributed by atoms with van der Waals surface area (Å²) in [4.78, 5) is 21.3. The molecule has 0 unspecified atom stereocenters. The van der Waals surface area contributed by atoms with Gasteiger partial charge in [-0.05, 0) is 48.7 Å². The Bertz CT molecular complexity index is 980. The summed E-state index contributed by atoms with van der Waals surface area (Å²) in [7, 11) is 0. The van der Waals surface area contributed by atoms with Gasteiger partial charge in [0.1, 0.15) is 5.82 Å². The number of aryl methyl sites for hydroxylation is 2. The van der Waals surface area contributed by atoms with E-state index in [1.807, 2.05) is 17.0 Å². The Morgan fingerprint density at radius 1 is 1.07 bits per heavy atom. The first kappa shape index (κ1) is 19.5. The van der Waals surface area contributed by atoms with E-state index in [4.69, 9.17) is 0 Å². The van der Waals surface area contributed by atoms with Crippen LogP contribution in [0.25, 0.3) is 11.4 Å². The predicted molar refractivity (Wildman–Crippen MR) is 114 cm³/mol. The molecular formula is C22H23FN4OS. The molecule has 0 spiro atoms. The molecule has 150 valence electrons. The number of benzene rings is 2. The van der Waals surface area contributed by atoms with Gasteiger partial charge in [0.25, 0.3) is 0 Å². The fraction of sp³-hybridized carbons (Fsp3) is 0.318. The van der Waals surface area contributed by atoms with Crippen molar-refractivity contribution in [2.24, 2.45) is 0 Å². The summed E-state index contributed by atoms with van der Waals surface area (Å²) in [5.74, 6) is 0.548. The highest BCUT2D eigenvalue weighted by molar-refractivity contribution is 7.09. The summed E-state index contributed by atoms with van der Waals surface area (Å²) in [5, 5.41) is 0.844. The Morgan fingerprint density at radius 2 is 1.79 bits per heavy atom. The van der Waals surface area contributed by atoms with Crippen LogP contribution in [0.4, 0.5) is 9.52 Å². The molecule has 1 aromatic heterocycles.